The minimum atomic E-state index is 0.667. The van der Waals surface area contributed by atoms with Crippen LogP contribution in [-0.2, 0) is 6.54 Å². The molecule has 114 valence electrons. The first-order valence-corrected chi connectivity index (χ1v) is 8.55. The number of rotatable bonds is 3. The molecule has 0 amide bonds. The Bertz CT molecular complexity index is 622. The second kappa shape index (κ2) is 5.69. The number of hydrogen-bond donors (Lipinski definition) is 1. The third-order valence-corrected chi connectivity index (χ3v) is 5.74. The zero-order valence-corrected chi connectivity index (χ0v) is 13.5. The summed E-state index contributed by atoms with van der Waals surface area (Å²) in [5.41, 5.74) is 2.85. The molecular formula is C19H22ClN2+. The van der Waals surface area contributed by atoms with Crippen LogP contribution in [0, 0.1) is 0 Å². The molecule has 2 heterocycles. The van der Waals surface area contributed by atoms with Crippen molar-refractivity contribution < 1.29 is 0 Å². The monoisotopic (exact) mass is 313 g/mol. The Morgan fingerprint density at radius 1 is 0.909 bits per heavy atom. The Morgan fingerprint density at radius 3 is 2.18 bits per heavy atom. The Hall–Kier alpha value is -1.35. The van der Waals surface area contributed by atoms with Gasteiger partial charge in [-0.1, -0.05) is 41.9 Å². The number of piperazine rings is 1. The van der Waals surface area contributed by atoms with Gasteiger partial charge in [0.05, 0.1) is 0 Å². The fourth-order valence-electron chi connectivity index (χ4n) is 4.47. The summed E-state index contributed by atoms with van der Waals surface area (Å²) < 4.78 is 1.09. The molecule has 4 rings (SSSR count). The van der Waals surface area contributed by atoms with Crippen molar-refractivity contribution in [3.8, 4) is 0 Å². The average Bonchev–Trinajstić information content (AvgIpc) is 2.74. The number of halogens is 1. The van der Waals surface area contributed by atoms with E-state index in [1.807, 2.05) is 12.1 Å². The quantitative estimate of drug-likeness (QED) is 0.845. The minimum Gasteiger partial charge on any atom is -0.306 e. The van der Waals surface area contributed by atoms with Gasteiger partial charge in [-0.25, -0.2) is 0 Å². The van der Waals surface area contributed by atoms with Gasteiger partial charge in [-0.05, 0) is 12.1 Å². The lowest BCUT2D eigenvalue weighted by molar-refractivity contribution is 0.148. The van der Waals surface area contributed by atoms with Gasteiger partial charge in [-0.3, -0.25) is 4.48 Å². The SMILES string of the molecule is Clc1ccc([N+]2(Cc3ccccc3)C3CCC2CNC3)cc1. The van der Waals surface area contributed by atoms with Gasteiger partial charge in [0.1, 0.15) is 24.3 Å². The highest BCUT2D eigenvalue weighted by Crippen LogP contribution is 2.42. The van der Waals surface area contributed by atoms with E-state index in [1.165, 1.54) is 24.1 Å². The topological polar surface area (TPSA) is 12.0 Å². The van der Waals surface area contributed by atoms with Crippen LogP contribution >= 0.6 is 11.6 Å². The van der Waals surface area contributed by atoms with Crippen LogP contribution in [0.25, 0.3) is 0 Å². The van der Waals surface area contributed by atoms with Crippen molar-refractivity contribution in [2.75, 3.05) is 13.1 Å². The highest BCUT2D eigenvalue weighted by atomic mass is 35.5. The molecule has 0 spiro atoms. The summed E-state index contributed by atoms with van der Waals surface area (Å²) in [5, 5.41) is 4.45. The fourth-order valence-corrected chi connectivity index (χ4v) is 4.59. The molecule has 2 aliphatic heterocycles. The molecule has 0 radical (unpaired) electrons. The first kappa shape index (κ1) is 14.3. The first-order valence-electron chi connectivity index (χ1n) is 8.17. The number of hydrogen-bond acceptors (Lipinski definition) is 1. The largest absolute Gasteiger partial charge is 0.306 e. The summed E-state index contributed by atoms with van der Waals surface area (Å²) in [7, 11) is 0. The molecule has 2 atom stereocenters. The lowest BCUT2D eigenvalue weighted by atomic mass is 10.0. The van der Waals surface area contributed by atoms with Crippen LogP contribution in [0.15, 0.2) is 54.6 Å². The molecule has 2 aliphatic rings. The van der Waals surface area contributed by atoms with Gasteiger partial charge in [0.15, 0.2) is 0 Å². The molecule has 2 fully saturated rings. The number of quaternary nitrogens is 1. The van der Waals surface area contributed by atoms with Crippen LogP contribution in [0.2, 0.25) is 5.02 Å². The predicted molar refractivity (Wildman–Crippen MR) is 93.1 cm³/mol. The zero-order valence-electron chi connectivity index (χ0n) is 12.7. The number of benzene rings is 2. The summed E-state index contributed by atoms with van der Waals surface area (Å²) >= 11 is 6.13. The van der Waals surface area contributed by atoms with Crippen molar-refractivity contribution in [3.63, 3.8) is 0 Å². The second-order valence-electron chi connectivity index (χ2n) is 6.59. The third kappa shape index (κ3) is 2.26. The third-order valence-electron chi connectivity index (χ3n) is 5.49. The molecule has 2 aromatic rings. The number of nitrogens with one attached hydrogen (secondary N) is 1. The maximum absolute atomic E-state index is 6.13. The molecule has 2 bridgehead atoms. The minimum absolute atomic E-state index is 0.667. The first-order chi connectivity index (χ1) is 10.8. The van der Waals surface area contributed by atoms with Gasteiger partial charge in [0.25, 0.3) is 0 Å². The van der Waals surface area contributed by atoms with Gasteiger partial charge >= 0.3 is 0 Å². The maximum Gasteiger partial charge on any atom is 0.133 e. The van der Waals surface area contributed by atoms with Gasteiger partial charge in [0.2, 0.25) is 0 Å². The van der Waals surface area contributed by atoms with Crippen LogP contribution in [0.4, 0.5) is 5.69 Å². The number of nitrogens with zero attached hydrogens (tertiary/aromatic N) is 1. The van der Waals surface area contributed by atoms with E-state index in [4.69, 9.17) is 11.6 Å². The molecule has 0 saturated carbocycles. The summed E-state index contributed by atoms with van der Waals surface area (Å²) in [6, 6.07) is 20.8. The van der Waals surface area contributed by atoms with E-state index in [0.717, 1.165) is 29.1 Å². The molecule has 2 nitrogen and oxygen atoms in total. The van der Waals surface area contributed by atoms with E-state index in [1.54, 1.807) is 0 Å². The Kier molecular flexibility index (Phi) is 3.69. The smallest absolute Gasteiger partial charge is 0.133 e. The fraction of sp³-hybridized carbons (Fsp3) is 0.368. The van der Waals surface area contributed by atoms with Crippen LogP contribution in [-0.4, -0.2) is 25.2 Å². The molecule has 0 aliphatic carbocycles. The number of fused-ring (bicyclic) bond motifs is 2. The molecule has 2 unspecified atom stereocenters. The van der Waals surface area contributed by atoms with Crippen molar-refractivity contribution >= 4 is 17.3 Å². The summed E-state index contributed by atoms with van der Waals surface area (Å²) in [6.45, 7) is 3.32. The van der Waals surface area contributed by atoms with Gasteiger partial charge in [-0.15, -0.1) is 0 Å². The lowest BCUT2D eigenvalue weighted by Gasteiger charge is -2.47. The standard InChI is InChI=1S/C19H22ClN2/c20-16-6-8-17(9-7-16)22(14-15-4-2-1-3-5-15)18-10-11-19(22)13-21-12-18/h1-9,18-19,21H,10-14H2/q+1. The Balaban J connectivity index is 1.79. The van der Waals surface area contributed by atoms with Crippen molar-refractivity contribution in [1.82, 2.24) is 9.80 Å². The molecule has 2 aromatic carbocycles. The van der Waals surface area contributed by atoms with E-state index in [-0.39, 0.29) is 0 Å². The van der Waals surface area contributed by atoms with E-state index in [9.17, 15) is 0 Å². The molecule has 3 heteroatoms. The molecule has 0 aromatic heterocycles. The molecule has 22 heavy (non-hydrogen) atoms. The van der Waals surface area contributed by atoms with Crippen molar-refractivity contribution in [2.24, 2.45) is 0 Å². The summed E-state index contributed by atoms with van der Waals surface area (Å²) in [4.78, 5) is 0. The van der Waals surface area contributed by atoms with Crippen molar-refractivity contribution in [2.45, 2.75) is 31.5 Å². The molecule has 1 N–H and O–H groups in total. The summed E-state index contributed by atoms with van der Waals surface area (Å²) in [6.07, 6.45) is 2.63. The van der Waals surface area contributed by atoms with Crippen LogP contribution in [0.1, 0.15) is 18.4 Å². The van der Waals surface area contributed by atoms with Crippen molar-refractivity contribution in [1.29, 1.82) is 0 Å². The van der Waals surface area contributed by atoms with Gasteiger partial charge in [-0.2, -0.15) is 0 Å². The average molecular weight is 314 g/mol. The summed E-state index contributed by atoms with van der Waals surface area (Å²) in [5.74, 6) is 0. The second-order valence-corrected chi connectivity index (χ2v) is 7.03. The normalized spacial score (nSPS) is 30.4. The Morgan fingerprint density at radius 2 is 1.55 bits per heavy atom. The van der Waals surface area contributed by atoms with Gasteiger partial charge < -0.3 is 5.32 Å². The predicted octanol–water partition coefficient (Wildman–Crippen LogP) is 3.98. The van der Waals surface area contributed by atoms with E-state index < -0.39 is 0 Å². The zero-order chi connectivity index (χ0) is 15.0. The van der Waals surface area contributed by atoms with E-state index in [2.05, 4.69) is 47.8 Å². The van der Waals surface area contributed by atoms with E-state index >= 15 is 0 Å². The van der Waals surface area contributed by atoms with E-state index in [0.29, 0.717) is 12.1 Å². The highest BCUT2D eigenvalue weighted by molar-refractivity contribution is 6.30. The van der Waals surface area contributed by atoms with Gasteiger partial charge in [0, 0.05) is 48.6 Å². The van der Waals surface area contributed by atoms with Crippen LogP contribution < -0.4 is 9.80 Å². The maximum atomic E-state index is 6.13. The molecule has 2 saturated heterocycles. The van der Waals surface area contributed by atoms with Crippen LogP contribution in [0.5, 0.6) is 0 Å². The highest BCUT2D eigenvalue weighted by Gasteiger charge is 2.52. The van der Waals surface area contributed by atoms with Crippen LogP contribution in [0.3, 0.4) is 0 Å². The van der Waals surface area contributed by atoms with Crippen molar-refractivity contribution in [3.05, 3.63) is 65.2 Å². The Labute approximate surface area is 137 Å². The lowest BCUT2D eigenvalue weighted by Crippen LogP contribution is -2.66. The molecular weight excluding hydrogens is 292 g/mol.